The van der Waals surface area contributed by atoms with Gasteiger partial charge in [-0.25, -0.2) is 19.3 Å². The van der Waals surface area contributed by atoms with Gasteiger partial charge in [-0.1, -0.05) is 55.4 Å². The second kappa shape index (κ2) is 27.8. The SMILES string of the molecule is [C-]#[N+]/C(C(=O)OCC(COC(=O)/C(C#N)=C1\CC(C)(C)CC(N2CCCC2)=C1[N+](=O)[O-])(COC(=O)/C(C#N)=C1\CC(C)(C)CC(N2CCCC2)=C1[N+](=O)[O-])COC(=O)/C([N+]#[C-])=C1/CC(C)(C)CC(N2CCCC2)=C1[N+](=O)[O-])=C1/CC(C)(C)CC(N2CCCC2)=C1[N+](=O)[O-]. The van der Waals surface area contributed by atoms with E-state index in [0.717, 1.165) is 51.4 Å². The van der Waals surface area contributed by atoms with Gasteiger partial charge >= 0.3 is 23.9 Å². The molecule has 0 aromatic carbocycles. The second-order valence-electron chi connectivity index (χ2n) is 28.7. The van der Waals surface area contributed by atoms with Crippen molar-refractivity contribution in [2.75, 3.05) is 78.8 Å². The van der Waals surface area contributed by atoms with E-state index in [-0.39, 0.29) is 73.7 Å². The lowest BCUT2D eigenvalue weighted by atomic mass is 9.74. The van der Waals surface area contributed by atoms with Crippen molar-refractivity contribution in [3.63, 3.8) is 0 Å². The molecule has 93 heavy (non-hydrogen) atoms. The van der Waals surface area contributed by atoms with Crippen molar-refractivity contribution in [3.05, 3.63) is 154 Å². The van der Waals surface area contributed by atoms with Gasteiger partial charge < -0.3 is 38.5 Å². The molecule has 0 spiro atoms. The summed E-state index contributed by atoms with van der Waals surface area (Å²) in [5.74, 6) is -5.97. The Morgan fingerprint density at radius 2 is 0.634 bits per heavy atom. The summed E-state index contributed by atoms with van der Waals surface area (Å²) in [6.07, 6.45) is 5.96. The maximum Gasteiger partial charge on any atom is 0.349 e. The molecule has 0 saturated carbocycles. The lowest BCUT2D eigenvalue weighted by molar-refractivity contribution is -0.424. The minimum Gasteiger partial charge on any atom is -0.470 e. The van der Waals surface area contributed by atoms with Crippen LogP contribution in [0.1, 0.15) is 158 Å². The highest BCUT2D eigenvalue weighted by atomic mass is 16.6. The number of carbonyl (C=O) groups excluding carboxylic acids is 4. The third kappa shape index (κ3) is 15.4. The molecule has 8 aliphatic rings. The van der Waals surface area contributed by atoms with Gasteiger partial charge in [0.1, 0.15) is 55.1 Å². The summed E-state index contributed by atoms with van der Waals surface area (Å²) in [4.78, 5) is 124. The largest absolute Gasteiger partial charge is 0.470 e. The number of nitriles is 2. The fourth-order valence-electron chi connectivity index (χ4n) is 14.4. The lowest BCUT2D eigenvalue weighted by Crippen LogP contribution is -2.44. The molecule has 0 N–H and O–H groups in total. The van der Waals surface area contributed by atoms with Crippen LogP contribution in [0.15, 0.2) is 90.4 Å². The van der Waals surface area contributed by atoms with Gasteiger partial charge in [0, 0.05) is 63.5 Å². The van der Waals surface area contributed by atoms with Crippen molar-refractivity contribution in [3.8, 4) is 12.1 Å². The van der Waals surface area contributed by atoms with E-state index >= 15 is 0 Å². The Hall–Kier alpha value is -9.44. The van der Waals surface area contributed by atoms with Crippen molar-refractivity contribution in [2.45, 2.75) is 158 Å². The number of nitro groups is 4. The smallest absolute Gasteiger partial charge is 0.349 e. The van der Waals surface area contributed by atoms with Crippen LogP contribution < -0.4 is 0 Å². The maximum absolute atomic E-state index is 14.9. The third-order valence-electron chi connectivity index (χ3n) is 18.6. The molecule has 0 unspecified atom stereocenters. The van der Waals surface area contributed by atoms with Crippen LogP contribution in [0.3, 0.4) is 0 Å². The summed E-state index contributed by atoms with van der Waals surface area (Å²) in [6.45, 7) is 30.0. The predicted octanol–water partition coefficient (Wildman–Crippen LogP) is 9.75. The fourth-order valence-corrected chi connectivity index (χ4v) is 14.4. The van der Waals surface area contributed by atoms with Crippen LogP contribution in [0.5, 0.6) is 0 Å². The Morgan fingerprint density at radius 3 is 0.849 bits per heavy atom. The first-order valence-electron chi connectivity index (χ1n) is 31.5. The zero-order valence-corrected chi connectivity index (χ0v) is 54.2. The number of ether oxygens (including phenoxy) is 4. The summed E-state index contributed by atoms with van der Waals surface area (Å²) >= 11 is 0. The van der Waals surface area contributed by atoms with Crippen LogP contribution in [0.25, 0.3) is 9.69 Å². The van der Waals surface area contributed by atoms with Crippen LogP contribution in [0.2, 0.25) is 0 Å². The number of allylic oxidation sites excluding steroid dienone is 8. The van der Waals surface area contributed by atoms with E-state index in [1.807, 2.05) is 19.6 Å². The number of esters is 4. The van der Waals surface area contributed by atoms with Crippen LogP contribution in [-0.4, -0.2) is 142 Å². The van der Waals surface area contributed by atoms with E-state index in [0.29, 0.717) is 75.1 Å². The van der Waals surface area contributed by atoms with Crippen molar-refractivity contribution < 1.29 is 57.8 Å². The van der Waals surface area contributed by atoms with Crippen molar-refractivity contribution in [2.24, 2.45) is 27.1 Å². The molecule has 28 heteroatoms. The fraction of sp³-hybridized carbons (Fsp3) is 0.631. The monoisotopic (exact) mass is 1280 g/mol. The van der Waals surface area contributed by atoms with Gasteiger partial charge in [0.15, 0.2) is 0 Å². The van der Waals surface area contributed by atoms with Gasteiger partial charge in [-0.15, -0.1) is 0 Å². The Morgan fingerprint density at radius 1 is 0.419 bits per heavy atom. The average molecular weight is 1290 g/mol. The van der Waals surface area contributed by atoms with E-state index in [4.69, 9.17) is 32.1 Å². The third-order valence-corrected chi connectivity index (χ3v) is 18.6. The molecule has 4 saturated heterocycles. The summed E-state index contributed by atoms with van der Waals surface area (Å²) in [6, 6.07) is 3.56. The second-order valence-corrected chi connectivity index (χ2v) is 28.7. The van der Waals surface area contributed by atoms with Gasteiger partial charge in [0.2, 0.25) is 0 Å². The number of hydrogen-bond acceptors (Lipinski definition) is 22. The Bertz CT molecular complexity index is 3150. The highest BCUT2D eigenvalue weighted by molar-refractivity contribution is 5.96. The zero-order valence-electron chi connectivity index (χ0n) is 54.2. The summed E-state index contributed by atoms with van der Waals surface area (Å²) in [5, 5.41) is 74.3. The topological polar surface area (TPSA) is 347 Å². The Labute approximate surface area is 539 Å². The number of nitrogens with zero attached hydrogens (tertiary/aromatic N) is 12. The maximum atomic E-state index is 14.9. The zero-order chi connectivity index (χ0) is 68.1. The summed E-state index contributed by atoms with van der Waals surface area (Å²) in [7, 11) is 0. The van der Waals surface area contributed by atoms with Crippen molar-refractivity contribution in [1.29, 1.82) is 10.5 Å². The summed E-state index contributed by atoms with van der Waals surface area (Å²) < 4.78 is 23.8. The van der Waals surface area contributed by atoms with Gasteiger partial charge in [-0.3, -0.25) is 50.0 Å². The molecular weight excluding hydrogens is 1200 g/mol. The molecule has 0 bridgehead atoms. The van der Waals surface area contributed by atoms with Crippen LogP contribution in [0.4, 0.5) is 0 Å². The molecule has 4 aliphatic heterocycles. The number of carbonyl (C=O) groups is 4. The highest BCUT2D eigenvalue weighted by Gasteiger charge is 2.49. The first-order chi connectivity index (χ1) is 43.8. The lowest BCUT2D eigenvalue weighted by Gasteiger charge is -2.36. The molecule has 28 nitrogen and oxygen atoms in total. The molecule has 0 amide bonds. The van der Waals surface area contributed by atoms with E-state index in [9.17, 15) is 70.2 Å². The number of hydrogen-bond donors (Lipinski definition) is 0. The Kier molecular flexibility index (Phi) is 20.8. The highest BCUT2D eigenvalue weighted by Crippen LogP contribution is 2.50. The first kappa shape index (κ1) is 69.4. The number of rotatable bonds is 20. The molecule has 0 radical (unpaired) electrons. The molecule has 0 aromatic rings. The molecule has 496 valence electrons. The molecule has 8 rings (SSSR count). The van der Waals surface area contributed by atoms with Gasteiger partial charge in [0.05, 0.1) is 66.8 Å². The average Bonchev–Trinajstić information content (AvgIpc) is 1.61. The van der Waals surface area contributed by atoms with Crippen molar-refractivity contribution >= 4 is 23.9 Å². The minimum atomic E-state index is -2.51. The van der Waals surface area contributed by atoms with E-state index < -0.39 is 142 Å². The standard InChI is InChI=1S/C65H80N12O16/c1-61(2)27-41(53(74(82)83)47(31-61)70-19-11-12-20-70)45(35-66)57(78)90-37-65(38-91-58(79)46(36-67)42-28-62(3,4)32-48(54(42)75(84)85)71-21-13-14-22-71,39-92-59(80)51(68-9)43-29-63(5,6)33-49(55(43)76(86)87)72-23-15-16-24-72)40-93-60(81)52(69-10)44-30-64(7,8)34-50(56(44)77(88)89)73-25-17-18-26-73/h11-34,37-40H2,1-8H3/b45-41+,46-42+,51-43-,52-44+. The van der Waals surface area contributed by atoms with Crippen LogP contribution >= 0.6 is 0 Å². The van der Waals surface area contributed by atoms with E-state index in [1.54, 1.807) is 67.5 Å². The normalized spacial score (nSPS) is 23.3. The molecule has 4 heterocycles. The van der Waals surface area contributed by atoms with E-state index in [1.165, 1.54) is 0 Å². The predicted molar refractivity (Wildman–Crippen MR) is 330 cm³/mol. The molecule has 0 aromatic heterocycles. The first-order valence-corrected chi connectivity index (χ1v) is 31.5. The minimum absolute atomic E-state index is 0.165. The van der Waals surface area contributed by atoms with Gasteiger partial charge in [-0.05, 0) is 124 Å². The van der Waals surface area contributed by atoms with E-state index in [2.05, 4.69) is 9.69 Å². The molecular formula is C65H80N12O16. The Balaban J connectivity index is 1.30. The van der Waals surface area contributed by atoms with Crippen LogP contribution in [0, 0.1) is 103 Å². The van der Waals surface area contributed by atoms with Gasteiger partial charge in [0.25, 0.3) is 34.2 Å². The quantitative estimate of drug-likeness (QED) is 0.0208. The molecule has 4 aliphatic carbocycles. The summed E-state index contributed by atoms with van der Waals surface area (Å²) in [5.41, 5.74) is -10.7. The molecule has 4 fully saturated rings. The number of likely N-dealkylation sites (tertiary alicyclic amines) is 4. The van der Waals surface area contributed by atoms with Crippen molar-refractivity contribution in [1.82, 2.24) is 19.6 Å². The molecule has 0 atom stereocenters. The van der Waals surface area contributed by atoms with Crippen LogP contribution in [-0.2, 0) is 38.1 Å². The van der Waals surface area contributed by atoms with Gasteiger partial charge in [-0.2, -0.15) is 10.5 Å².